The average Bonchev–Trinajstić information content (AvgIpc) is 3.61. The number of aromatic nitrogens is 1. The van der Waals surface area contributed by atoms with Crippen LogP contribution in [0.2, 0.25) is 0 Å². The van der Waals surface area contributed by atoms with Gasteiger partial charge in [0, 0.05) is 29.5 Å². The number of nitro benzene ring substituents is 1. The molecule has 2 aromatic heterocycles. The molecule has 0 fully saturated rings. The molecule has 5 aromatic rings. The number of benzene rings is 3. The highest BCUT2D eigenvalue weighted by Gasteiger charge is 2.32. The number of rotatable bonds is 8. The van der Waals surface area contributed by atoms with Gasteiger partial charge in [-0.05, 0) is 68.3 Å². The first-order chi connectivity index (χ1) is 21.7. The lowest BCUT2D eigenvalue weighted by atomic mass is 9.95. The highest BCUT2D eigenvalue weighted by Crippen LogP contribution is 2.32. The molecule has 3 heterocycles. The number of amides is 1. The van der Waals surface area contributed by atoms with Gasteiger partial charge in [-0.15, -0.1) is 0 Å². The van der Waals surface area contributed by atoms with Gasteiger partial charge in [-0.2, -0.15) is 0 Å². The van der Waals surface area contributed by atoms with Crippen molar-refractivity contribution in [1.82, 2.24) is 4.57 Å². The minimum absolute atomic E-state index is 0.0429. The number of fused-ring (bicyclic) bond motifs is 1. The molecule has 0 unspecified atom stereocenters. The maximum Gasteiger partial charge on any atom is 0.271 e. The van der Waals surface area contributed by atoms with Gasteiger partial charge in [0.1, 0.15) is 17.3 Å². The van der Waals surface area contributed by atoms with E-state index in [2.05, 4.69) is 10.3 Å². The van der Waals surface area contributed by atoms with Gasteiger partial charge in [0.25, 0.3) is 17.2 Å². The summed E-state index contributed by atoms with van der Waals surface area (Å²) in [6, 6.07) is 23.7. The number of allylic oxidation sites excluding steroid dienone is 1. The van der Waals surface area contributed by atoms with Gasteiger partial charge < -0.3 is 14.5 Å². The second-order valence-corrected chi connectivity index (χ2v) is 11.4. The van der Waals surface area contributed by atoms with Gasteiger partial charge in [0.2, 0.25) is 0 Å². The normalized spacial score (nSPS) is 14.6. The number of ether oxygens (including phenoxy) is 1. The van der Waals surface area contributed by atoms with E-state index in [1.165, 1.54) is 28.0 Å². The lowest BCUT2D eigenvalue weighted by Gasteiger charge is -2.25. The van der Waals surface area contributed by atoms with Crippen LogP contribution in [0.15, 0.2) is 110 Å². The highest BCUT2D eigenvalue weighted by molar-refractivity contribution is 7.07. The molecular weight excluding hydrogens is 592 g/mol. The highest BCUT2D eigenvalue weighted by atomic mass is 32.1. The molecule has 11 heteroatoms. The van der Waals surface area contributed by atoms with Crippen molar-refractivity contribution in [3.05, 3.63) is 143 Å². The Balaban J connectivity index is 1.44. The van der Waals surface area contributed by atoms with Crippen LogP contribution in [-0.4, -0.2) is 22.0 Å². The van der Waals surface area contributed by atoms with Crippen LogP contribution in [0, 0.1) is 17.0 Å². The number of hydrogen-bond donors (Lipinski definition) is 1. The van der Waals surface area contributed by atoms with E-state index in [0.29, 0.717) is 55.7 Å². The molecule has 1 atom stereocenters. The van der Waals surface area contributed by atoms with E-state index in [0.717, 1.165) is 11.1 Å². The number of thiazole rings is 1. The zero-order chi connectivity index (χ0) is 31.7. The molecule has 1 aliphatic rings. The van der Waals surface area contributed by atoms with E-state index in [-0.39, 0.29) is 17.2 Å². The molecule has 226 valence electrons. The second kappa shape index (κ2) is 12.2. The Hall–Kier alpha value is -5.55. The summed E-state index contributed by atoms with van der Waals surface area (Å²) in [7, 11) is 0. The molecular formula is C34H28N4O6S. The molecule has 1 amide bonds. The summed E-state index contributed by atoms with van der Waals surface area (Å²) in [6.45, 7) is 6.01. The number of furan rings is 1. The fourth-order valence-electron chi connectivity index (χ4n) is 5.25. The zero-order valence-electron chi connectivity index (χ0n) is 24.6. The number of nitrogens with zero attached hydrogens (tertiary/aromatic N) is 3. The zero-order valence-corrected chi connectivity index (χ0v) is 25.5. The first-order valence-corrected chi connectivity index (χ1v) is 15.0. The van der Waals surface area contributed by atoms with E-state index in [1.54, 1.807) is 43.3 Å². The predicted octanol–water partition coefficient (Wildman–Crippen LogP) is 5.75. The largest absolute Gasteiger partial charge is 0.494 e. The van der Waals surface area contributed by atoms with Crippen LogP contribution in [0.4, 0.5) is 11.4 Å². The van der Waals surface area contributed by atoms with Crippen molar-refractivity contribution in [3.8, 4) is 17.1 Å². The van der Waals surface area contributed by atoms with Gasteiger partial charge >= 0.3 is 0 Å². The van der Waals surface area contributed by atoms with E-state index < -0.39 is 11.0 Å². The van der Waals surface area contributed by atoms with Crippen molar-refractivity contribution in [2.75, 3.05) is 11.9 Å². The topological polar surface area (TPSA) is 129 Å². The maximum absolute atomic E-state index is 14.0. The first kappa shape index (κ1) is 29.5. The Morgan fingerprint density at radius 2 is 1.84 bits per heavy atom. The van der Waals surface area contributed by atoms with Gasteiger partial charge in [-0.3, -0.25) is 24.3 Å². The summed E-state index contributed by atoms with van der Waals surface area (Å²) in [4.78, 5) is 43.8. The monoisotopic (exact) mass is 620 g/mol. The summed E-state index contributed by atoms with van der Waals surface area (Å²) in [6.07, 6.45) is 1.62. The van der Waals surface area contributed by atoms with Crippen molar-refractivity contribution in [1.29, 1.82) is 0 Å². The van der Waals surface area contributed by atoms with Crippen LogP contribution in [0.5, 0.6) is 5.75 Å². The van der Waals surface area contributed by atoms with E-state index in [4.69, 9.17) is 9.15 Å². The van der Waals surface area contributed by atoms with Crippen molar-refractivity contribution < 1.29 is 18.9 Å². The number of carbonyl (C=O) groups is 1. The third-order valence-corrected chi connectivity index (χ3v) is 8.39. The molecule has 0 bridgehead atoms. The SMILES string of the molecule is CCOc1ccc([C@H]2C(C(=O)Nc3ccccc3)=C(C)N=c3s/c(=C\c4ccc(-c5cc([N+](=O)[O-])ccc5C)o4)c(=O)n32)cc1. The fourth-order valence-corrected chi connectivity index (χ4v) is 6.28. The second-order valence-electron chi connectivity index (χ2n) is 10.4. The van der Waals surface area contributed by atoms with Crippen molar-refractivity contribution in [3.63, 3.8) is 0 Å². The minimum atomic E-state index is -0.748. The number of nitro groups is 1. The number of aryl methyl sites for hydroxylation is 1. The molecule has 0 aliphatic carbocycles. The Morgan fingerprint density at radius 1 is 1.09 bits per heavy atom. The number of carbonyl (C=O) groups excluding carboxylic acids is 1. The third-order valence-electron chi connectivity index (χ3n) is 7.40. The molecule has 6 rings (SSSR count). The van der Waals surface area contributed by atoms with E-state index in [9.17, 15) is 19.7 Å². The smallest absolute Gasteiger partial charge is 0.271 e. The predicted molar refractivity (Wildman–Crippen MR) is 172 cm³/mol. The van der Waals surface area contributed by atoms with Crippen molar-refractivity contribution in [2.45, 2.75) is 26.8 Å². The third kappa shape index (κ3) is 5.85. The standard InChI is InChI=1S/C34H28N4O6S/c1-4-43-25-14-11-22(12-15-25)31-30(32(39)36-23-8-6-5-7-9-23)21(3)35-34-37(31)33(40)29(45-34)19-26-16-17-28(44-26)27-18-24(38(41)42)13-10-20(27)2/h5-19,31H,4H2,1-3H3,(H,36,39)/b29-19-/t31-/m0/s1. The number of hydrogen-bond acceptors (Lipinski definition) is 8. The lowest BCUT2D eigenvalue weighted by Crippen LogP contribution is -2.40. The van der Waals surface area contributed by atoms with Gasteiger partial charge in [-0.25, -0.2) is 4.99 Å². The quantitative estimate of drug-likeness (QED) is 0.174. The van der Waals surface area contributed by atoms with Crippen molar-refractivity contribution >= 4 is 34.7 Å². The maximum atomic E-state index is 14.0. The summed E-state index contributed by atoms with van der Waals surface area (Å²) >= 11 is 1.19. The molecule has 1 aliphatic heterocycles. The number of para-hydroxylation sites is 1. The Bertz CT molecular complexity index is 2140. The molecule has 0 saturated carbocycles. The molecule has 45 heavy (non-hydrogen) atoms. The van der Waals surface area contributed by atoms with Crippen molar-refractivity contribution in [2.24, 2.45) is 4.99 Å². The van der Waals surface area contributed by atoms with E-state index >= 15 is 0 Å². The summed E-state index contributed by atoms with van der Waals surface area (Å²) < 4.78 is 13.5. The fraction of sp³-hybridized carbons (Fsp3) is 0.147. The molecule has 1 N–H and O–H groups in total. The number of anilines is 1. The Labute approximate surface area is 261 Å². The Morgan fingerprint density at radius 3 is 2.56 bits per heavy atom. The van der Waals surface area contributed by atoms with Crippen LogP contribution >= 0.6 is 11.3 Å². The number of non-ortho nitro benzene ring substituents is 1. The summed E-state index contributed by atoms with van der Waals surface area (Å²) in [5, 5.41) is 14.3. The van der Waals surface area contributed by atoms with Gasteiger partial charge in [0.15, 0.2) is 4.80 Å². The lowest BCUT2D eigenvalue weighted by molar-refractivity contribution is -0.384. The van der Waals surface area contributed by atoms with E-state index in [1.807, 2.05) is 56.3 Å². The van der Waals surface area contributed by atoms with Gasteiger partial charge in [0.05, 0.1) is 33.4 Å². The van der Waals surface area contributed by atoms with Crippen LogP contribution in [0.1, 0.15) is 36.8 Å². The van der Waals surface area contributed by atoms with Crippen LogP contribution in [-0.2, 0) is 4.79 Å². The summed E-state index contributed by atoms with van der Waals surface area (Å²) in [5.74, 6) is 1.16. The number of nitrogens with one attached hydrogen (secondary N) is 1. The molecule has 10 nitrogen and oxygen atoms in total. The van der Waals surface area contributed by atoms with Crippen LogP contribution in [0.25, 0.3) is 17.4 Å². The van der Waals surface area contributed by atoms with Gasteiger partial charge in [-0.1, -0.05) is 47.7 Å². The Kier molecular flexibility index (Phi) is 8.01. The molecule has 0 radical (unpaired) electrons. The molecule has 0 saturated heterocycles. The molecule has 0 spiro atoms. The summed E-state index contributed by atoms with van der Waals surface area (Å²) in [5.41, 5.74) is 3.22. The molecule has 3 aromatic carbocycles. The minimum Gasteiger partial charge on any atom is -0.494 e. The average molecular weight is 621 g/mol. The van der Waals surface area contributed by atoms with Crippen LogP contribution in [0.3, 0.4) is 0 Å². The first-order valence-electron chi connectivity index (χ1n) is 14.2. The van der Waals surface area contributed by atoms with Crippen LogP contribution < -0.4 is 24.9 Å².